The third-order valence-electron chi connectivity index (χ3n) is 3.04. The molecular formula is C14H17N3O4S. The van der Waals surface area contributed by atoms with Gasteiger partial charge in [0.2, 0.25) is 0 Å². The van der Waals surface area contributed by atoms with Crippen LogP contribution in [0.4, 0.5) is 5.13 Å². The SMILES string of the molecule is COC(=O)c1nc(NC(=O)c2c(C)noc2C)sc1C(C)C. The Hall–Kier alpha value is -2.22. The molecule has 0 saturated heterocycles. The molecule has 0 spiro atoms. The first-order chi connectivity index (χ1) is 10.3. The first-order valence-electron chi connectivity index (χ1n) is 6.68. The number of aryl methyl sites for hydroxylation is 2. The molecule has 0 aliphatic carbocycles. The van der Waals surface area contributed by atoms with Gasteiger partial charge in [-0.25, -0.2) is 9.78 Å². The van der Waals surface area contributed by atoms with Gasteiger partial charge in [0.25, 0.3) is 5.91 Å². The molecule has 2 aromatic rings. The average Bonchev–Trinajstić information content (AvgIpc) is 3.02. The van der Waals surface area contributed by atoms with Crippen LogP contribution in [0.1, 0.15) is 56.9 Å². The van der Waals surface area contributed by atoms with Gasteiger partial charge >= 0.3 is 5.97 Å². The highest BCUT2D eigenvalue weighted by atomic mass is 32.1. The number of hydrogen-bond donors (Lipinski definition) is 1. The minimum Gasteiger partial charge on any atom is -0.464 e. The Kier molecular flexibility index (Phi) is 4.60. The Morgan fingerprint density at radius 3 is 2.50 bits per heavy atom. The van der Waals surface area contributed by atoms with Gasteiger partial charge in [0.1, 0.15) is 11.3 Å². The highest BCUT2D eigenvalue weighted by molar-refractivity contribution is 7.16. The van der Waals surface area contributed by atoms with Crippen LogP contribution in [-0.2, 0) is 4.74 Å². The van der Waals surface area contributed by atoms with Crippen molar-refractivity contribution in [2.75, 3.05) is 12.4 Å². The quantitative estimate of drug-likeness (QED) is 0.869. The lowest BCUT2D eigenvalue weighted by atomic mass is 10.1. The molecule has 0 aliphatic heterocycles. The molecule has 2 aromatic heterocycles. The molecular weight excluding hydrogens is 306 g/mol. The van der Waals surface area contributed by atoms with Gasteiger partial charge in [-0.05, 0) is 19.8 Å². The second-order valence-electron chi connectivity index (χ2n) is 5.03. The predicted molar refractivity (Wildman–Crippen MR) is 81.5 cm³/mol. The summed E-state index contributed by atoms with van der Waals surface area (Å²) in [6.45, 7) is 7.24. The zero-order chi connectivity index (χ0) is 16.4. The maximum absolute atomic E-state index is 12.3. The molecule has 0 fully saturated rings. The average molecular weight is 323 g/mol. The van der Waals surface area contributed by atoms with Crippen LogP contribution in [0.2, 0.25) is 0 Å². The Labute approximate surface area is 131 Å². The van der Waals surface area contributed by atoms with E-state index >= 15 is 0 Å². The van der Waals surface area contributed by atoms with Gasteiger partial charge in [-0.1, -0.05) is 19.0 Å². The van der Waals surface area contributed by atoms with E-state index in [2.05, 4.69) is 15.5 Å². The molecule has 0 unspecified atom stereocenters. The van der Waals surface area contributed by atoms with Crippen LogP contribution < -0.4 is 5.32 Å². The molecule has 0 radical (unpaired) electrons. The number of rotatable bonds is 4. The summed E-state index contributed by atoms with van der Waals surface area (Å²) < 4.78 is 9.70. The molecule has 0 atom stereocenters. The molecule has 1 amide bonds. The molecule has 0 saturated carbocycles. The van der Waals surface area contributed by atoms with E-state index in [1.54, 1.807) is 13.8 Å². The smallest absolute Gasteiger partial charge is 0.357 e. The fourth-order valence-corrected chi connectivity index (χ4v) is 2.94. The van der Waals surface area contributed by atoms with Crippen molar-refractivity contribution in [3.05, 3.63) is 27.6 Å². The third-order valence-corrected chi connectivity index (χ3v) is 4.31. The van der Waals surface area contributed by atoms with Crippen molar-refractivity contribution >= 4 is 28.3 Å². The van der Waals surface area contributed by atoms with E-state index in [0.717, 1.165) is 4.88 Å². The fourth-order valence-electron chi connectivity index (χ4n) is 1.99. The summed E-state index contributed by atoms with van der Waals surface area (Å²) in [5, 5.41) is 6.77. The number of ether oxygens (including phenoxy) is 1. The summed E-state index contributed by atoms with van der Waals surface area (Å²) in [5.74, 6) is -0.352. The number of anilines is 1. The van der Waals surface area contributed by atoms with Gasteiger partial charge < -0.3 is 9.26 Å². The molecule has 0 aromatic carbocycles. The van der Waals surface area contributed by atoms with Crippen molar-refractivity contribution in [1.82, 2.24) is 10.1 Å². The van der Waals surface area contributed by atoms with Gasteiger partial charge in [0, 0.05) is 4.88 Å². The van der Waals surface area contributed by atoms with Crippen molar-refractivity contribution in [2.45, 2.75) is 33.6 Å². The van der Waals surface area contributed by atoms with E-state index in [1.807, 2.05) is 13.8 Å². The summed E-state index contributed by atoms with van der Waals surface area (Å²) in [5.41, 5.74) is 1.11. The van der Waals surface area contributed by atoms with Gasteiger partial charge in [-0.15, -0.1) is 11.3 Å². The molecule has 8 heteroatoms. The molecule has 7 nitrogen and oxygen atoms in total. The normalized spacial score (nSPS) is 10.8. The van der Waals surface area contributed by atoms with Crippen LogP contribution in [0.5, 0.6) is 0 Å². The van der Waals surface area contributed by atoms with Gasteiger partial charge in [0.15, 0.2) is 10.8 Å². The van der Waals surface area contributed by atoms with Crippen LogP contribution >= 0.6 is 11.3 Å². The molecule has 1 N–H and O–H groups in total. The monoisotopic (exact) mass is 323 g/mol. The summed E-state index contributed by atoms with van der Waals surface area (Å²) in [7, 11) is 1.30. The number of methoxy groups -OCH3 is 1. The Morgan fingerprint density at radius 2 is 2.00 bits per heavy atom. The zero-order valence-corrected chi connectivity index (χ0v) is 13.8. The number of thiazole rings is 1. The van der Waals surface area contributed by atoms with E-state index in [4.69, 9.17) is 9.26 Å². The predicted octanol–water partition coefficient (Wildman–Crippen LogP) is 2.91. The van der Waals surface area contributed by atoms with Crippen molar-refractivity contribution in [2.24, 2.45) is 0 Å². The fraction of sp³-hybridized carbons (Fsp3) is 0.429. The van der Waals surface area contributed by atoms with Gasteiger partial charge in [-0.2, -0.15) is 0 Å². The lowest BCUT2D eigenvalue weighted by molar-refractivity contribution is 0.0593. The number of carbonyl (C=O) groups is 2. The third kappa shape index (κ3) is 3.01. The zero-order valence-electron chi connectivity index (χ0n) is 13.0. The summed E-state index contributed by atoms with van der Waals surface area (Å²) in [6.07, 6.45) is 0. The van der Waals surface area contributed by atoms with Crippen LogP contribution in [0, 0.1) is 13.8 Å². The van der Waals surface area contributed by atoms with Gasteiger partial charge in [-0.3, -0.25) is 10.1 Å². The summed E-state index contributed by atoms with van der Waals surface area (Å²) >= 11 is 1.25. The Balaban J connectivity index is 2.31. The van der Waals surface area contributed by atoms with E-state index in [0.29, 0.717) is 22.1 Å². The van der Waals surface area contributed by atoms with Gasteiger partial charge in [0.05, 0.1) is 12.8 Å². The molecule has 22 heavy (non-hydrogen) atoms. The largest absolute Gasteiger partial charge is 0.464 e. The van der Waals surface area contributed by atoms with Crippen LogP contribution in [0.3, 0.4) is 0 Å². The van der Waals surface area contributed by atoms with E-state index in [-0.39, 0.29) is 17.5 Å². The summed E-state index contributed by atoms with van der Waals surface area (Å²) in [4.78, 5) is 29.0. The number of amides is 1. The standard InChI is InChI=1S/C14H17N3O4S/c1-6(2)11-10(13(19)20-5)15-14(22-11)16-12(18)9-7(3)17-21-8(9)4/h6H,1-5H3,(H,15,16,18). The number of carbonyl (C=O) groups excluding carboxylic acids is 2. The molecule has 0 aliphatic rings. The molecule has 2 heterocycles. The maximum atomic E-state index is 12.3. The highest BCUT2D eigenvalue weighted by Crippen LogP contribution is 2.30. The van der Waals surface area contributed by atoms with E-state index in [9.17, 15) is 9.59 Å². The first kappa shape index (κ1) is 16.2. The van der Waals surface area contributed by atoms with E-state index in [1.165, 1.54) is 18.4 Å². The molecule has 0 bridgehead atoms. The Bertz CT molecular complexity index is 698. The molecule has 2 rings (SSSR count). The highest BCUT2D eigenvalue weighted by Gasteiger charge is 2.23. The minimum absolute atomic E-state index is 0.0938. The van der Waals surface area contributed by atoms with Crippen LogP contribution in [0.15, 0.2) is 4.52 Å². The van der Waals surface area contributed by atoms with Crippen molar-refractivity contribution < 1.29 is 18.8 Å². The lowest BCUT2D eigenvalue weighted by Gasteiger charge is -2.02. The second kappa shape index (κ2) is 6.27. The number of esters is 1. The van der Waals surface area contributed by atoms with Crippen molar-refractivity contribution in [1.29, 1.82) is 0 Å². The van der Waals surface area contributed by atoms with Crippen molar-refractivity contribution in [3.8, 4) is 0 Å². The molecule has 118 valence electrons. The first-order valence-corrected chi connectivity index (χ1v) is 7.50. The second-order valence-corrected chi connectivity index (χ2v) is 6.06. The van der Waals surface area contributed by atoms with Crippen molar-refractivity contribution in [3.63, 3.8) is 0 Å². The minimum atomic E-state index is -0.516. The van der Waals surface area contributed by atoms with E-state index < -0.39 is 5.97 Å². The van der Waals surface area contributed by atoms with Crippen LogP contribution in [-0.4, -0.2) is 29.1 Å². The topological polar surface area (TPSA) is 94.3 Å². The number of aromatic nitrogens is 2. The Morgan fingerprint density at radius 1 is 1.32 bits per heavy atom. The van der Waals surface area contributed by atoms with Crippen LogP contribution in [0.25, 0.3) is 0 Å². The number of nitrogens with one attached hydrogen (secondary N) is 1. The summed E-state index contributed by atoms with van der Waals surface area (Å²) in [6, 6.07) is 0. The number of hydrogen-bond acceptors (Lipinski definition) is 7. The lowest BCUT2D eigenvalue weighted by Crippen LogP contribution is -2.13. The maximum Gasteiger partial charge on any atom is 0.357 e. The number of nitrogens with zero attached hydrogens (tertiary/aromatic N) is 2.